The van der Waals surface area contributed by atoms with Gasteiger partial charge in [-0.25, -0.2) is 9.97 Å². The second-order valence-corrected chi connectivity index (χ2v) is 6.98. The van der Waals surface area contributed by atoms with E-state index in [1.54, 1.807) is 12.4 Å². The number of rotatable bonds is 5. The maximum atomic E-state index is 6.11. The second kappa shape index (κ2) is 7.56. The van der Waals surface area contributed by atoms with Crippen molar-refractivity contribution in [2.24, 2.45) is 5.92 Å². The normalized spacial score (nSPS) is 19.3. The zero-order valence-corrected chi connectivity index (χ0v) is 14.9. The number of nitrogens with zero attached hydrogens (tertiary/aromatic N) is 2. The molecule has 0 amide bonds. The van der Waals surface area contributed by atoms with Crippen LogP contribution < -0.4 is 10.1 Å². The molecule has 0 aliphatic heterocycles. The molecule has 1 aromatic carbocycles. The minimum atomic E-state index is 0.554. The maximum absolute atomic E-state index is 6.11. The number of benzene rings is 1. The van der Waals surface area contributed by atoms with Crippen molar-refractivity contribution >= 4 is 11.5 Å². The van der Waals surface area contributed by atoms with Crippen LogP contribution in [0.2, 0.25) is 0 Å². The Morgan fingerprint density at radius 2 is 1.77 bits per heavy atom. The summed E-state index contributed by atoms with van der Waals surface area (Å²) in [6, 6.07) is 17.9. The molecule has 2 unspecified atom stereocenters. The van der Waals surface area contributed by atoms with Gasteiger partial charge in [-0.15, -0.1) is 0 Å². The molecule has 26 heavy (non-hydrogen) atoms. The Labute approximate surface area is 154 Å². The van der Waals surface area contributed by atoms with Crippen LogP contribution in [-0.4, -0.2) is 9.97 Å². The molecule has 4 heteroatoms. The highest BCUT2D eigenvalue weighted by Gasteiger charge is 2.25. The average molecular weight is 345 g/mol. The third kappa shape index (κ3) is 3.85. The standard InChI is InChI=1S/C22H23N3O/c1-16-7-8-17(15-16)20-5-4-14-24-22(20)26-19-11-9-18(10-12-19)25-21-6-2-3-13-23-21/h2-6,9-14,16-17H,7-8,15H2,1H3,(H,23,25). The van der Waals surface area contributed by atoms with Crippen LogP contribution in [0.4, 0.5) is 11.5 Å². The van der Waals surface area contributed by atoms with Gasteiger partial charge < -0.3 is 10.1 Å². The van der Waals surface area contributed by atoms with Crippen LogP contribution in [0, 0.1) is 5.92 Å². The number of hydrogen-bond acceptors (Lipinski definition) is 4. The molecule has 4 nitrogen and oxygen atoms in total. The molecule has 2 aromatic heterocycles. The highest BCUT2D eigenvalue weighted by molar-refractivity contribution is 5.57. The fraction of sp³-hybridized carbons (Fsp3) is 0.273. The van der Waals surface area contributed by atoms with Crippen LogP contribution in [0.5, 0.6) is 11.6 Å². The molecule has 1 saturated carbocycles. The van der Waals surface area contributed by atoms with Gasteiger partial charge in [-0.05, 0) is 67.1 Å². The summed E-state index contributed by atoms with van der Waals surface area (Å²) in [6.45, 7) is 2.32. The molecule has 1 fully saturated rings. The summed E-state index contributed by atoms with van der Waals surface area (Å²) in [6.07, 6.45) is 7.29. The van der Waals surface area contributed by atoms with Gasteiger partial charge in [0.15, 0.2) is 0 Å². The Hall–Kier alpha value is -2.88. The molecule has 1 aliphatic carbocycles. The van der Waals surface area contributed by atoms with E-state index in [2.05, 4.69) is 28.3 Å². The Morgan fingerprint density at radius 3 is 2.50 bits per heavy atom. The van der Waals surface area contributed by atoms with Crippen molar-refractivity contribution in [3.05, 3.63) is 72.6 Å². The molecule has 0 radical (unpaired) electrons. The predicted molar refractivity (Wildman–Crippen MR) is 104 cm³/mol. The zero-order chi connectivity index (χ0) is 17.8. The molecular weight excluding hydrogens is 322 g/mol. The highest BCUT2D eigenvalue weighted by atomic mass is 16.5. The number of nitrogens with one attached hydrogen (secondary N) is 1. The zero-order valence-electron chi connectivity index (χ0n) is 14.9. The molecular formula is C22H23N3O. The SMILES string of the molecule is CC1CCC(c2cccnc2Oc2ccc(Nc3ccccn3)cc2)C1. The van der Waals surface area contributed by atoms with Gasteiger partial charge in [0, 0.05) is 23.6 Å². The molecule has 0 saturated heterocycles. The van der Waals surface area contributed by atoms with Crippen LogP contribution >= 0.6 is 0 Å². The quantitative estimate of drug-likeness (QED) is 0.624. The largest absolute Gasteiger partial charge is 0.439 e. The molecule has 2 heterocycles. The number of hydrogen-bond donors (Lipinski definition) is 1. The fourth-order valence-electron chi connectivity index (χ4n) is 3.59. The fourth-order valence-corrected chi connectivity index (χ4v) is 3.59. The lowest BCUT2D eigenvalue weighted by Gasteiger charge is -2.15. The first-order valence-electron chi connectivity index (χ1n) is 9.19. The second-order valence-electron chi connectivity index (χ2n) is 6.98. The smallest absolute Gasteiger partial charge is 0.222 e. The van der Waals surface area contributed by atoms with Gasteiger partial charge in [0.25, 0.3) is 0 Å². The monoisotopic (exact) mass is 345 g/mol. The number of aromatic nitrogens is 2. The van der Waals surface area contributed by atoms with Gasteiger partial charge in [0.1, 0.15) is 11.6 Å². The number of anilines is 2. The summed E-state index contributed by atoms with van der Waals surface area (Å²) in [4.78, 5) is 8.76. The Morgan fingerprint density at radius 1 is 0.923 bits per heavy atom. The third-order valence-electron chi connectivity index (χ3n) is 4.94. The van der Waals surface area contributed by atoms with Gasteiger partial charge >= 0.3 is 0 Å². The third-order valence-corrected chi connectivity index (χ3v) is 4.94. The Kier molecular flexibility index (Phi) is 4.82. The van der Waals surface area contributed by atoms with Gasteiger partial charge in [-0.2, -0.15) is 0 Å². The van der Waals surface area contributed by atoms with E-state index in [-0.39, 0.29) is 0 Å². The highest BCUT2D eigenvalue weighted by Crippen LogP contribution is 2.41. The van der Waals surface area contributed by atoms with E-state index in [0.717, 1.165) is 29.1 Å². The lowest BCUT2D eigenvalue weighted by molar-refractivity contribution is 0.448. The lowest BCUT2D eigenvalue weighted by atomic mass is 9.98. The first-order valence-corrected chi connectivity index (χ1v) is 9.19. The molecule has 1 aliphatic rings. The summed E-state index contributed by atoms with van der Waals surface area (Å²) in [5.41, 5.74) is 2.20. The molecule has 0 bridgehead atoms. The molecule has 3 aromatic rings. The Balaban J connectivity index is 1.48. The van der Waals surface area contributed by atoms with Crippen molar-refractivity contribution in [3.63, 3.8) is 0 Å². The number of pyridine rings is 2. The van der Waals surface area contributed by atoms with Crippen LogP contribution in [-0.2, 0) is 0 Å². The summed E-state index contributed by atoms with van der Waals surface area (Å²) in [5, 5.41) is 3.27. The van der Waals surface area contributed by atoms with Gasteiger partial charge in [-0.1, -0.05) is 25.5 Å². The van der Waals surface area contributed by atoms with Crippen molar-refractivity contribution in [2.45, 2.75) is 32.1 Å². The van der Waals surface area contributed by atoms with Crippen molar-refractivity contribution < 1.29 is 4.74 Å². The molecule has 132 valence electrons. The minimum absolute atomic E-state index is 0.554. The van der Waals surface area contributed by atoms with Gasteiger partial charge in [-0.3, -0.25) is 0 Å². The average Bonchev–Trinajstić information content (AvgIpc) is 3.11. The summed E-state index contributed by atoms with van der Waals surface area (Å²) in [5.74, 6) is 3.69. The van der Waals surface area contributed by atoms with Crippen LogP contribution in [0.15, 0.2) is 67.0 Å². The van der Waals surface area contributed by atoms with Crippen LogP contribution in [0.3, 0.4) is 0 Å². The van der Waals surface area contributed by atoms with E-state index in [9.17, 15) is 0 Å². The first-order chi connectivity index (χ1) is 12.8. The first kappa shape index (κ1) is 16.6. The summed E-state index contributed by atoms with van der Waals surface area (Å²) in [7, 11) is 0. The van der Waals surface area contributed by atoms with E-state index in [4.69, 9.17) is 4.74 Å². The van der Waals surface area contributed by atoms with E-state index in [1.807, 2.05) is 48.5 Å². The van der Waals surface area contributed by atoms with Crippen molar-refractivity contribution in [1.29, 1.82) is 0 Å². The lowest BCUT2D eigenvalue weighted by Crippen LogP contribution is -1.99. The van der Waals surface area contributed by atoms with Crippen molar-refractivity contribution in [3.8, 4) is 11.6 Å². The van der Waals surface area contributed by atoms with E-state index < -0.39 is 0 Å². The number of ether oxygens (including phenoxy) is 1. The topological polar surface area (TPSA) is 47.0 Å². The van der Waals surface area contributed by atoms with Crippen molar-refractivity contribution in [1.82, 2.24) is 9.97 Å². The van der Waals surface area contributed by atoms with E-state index in [1.165, 1.54) is 24.8 Å². The van der Waals surface area contributed by atoms with Gasteiger partial charge in [0.05, 0.1) is 0 Å². The van der Waals surface area contributed by atoms with Gasteiger partial charge in [0.2, 0.25) is 5.88 Å². The van der Waals surface area contributed by atoms with Crippen LogP contribution in [0.1, 0.15) is 37.7 Å². The maximum Gasteiger partial charge on any atom is 0.222 e. The van der Waals surface area contributed by atoms with Crippen LogP contribution in [0.25, 0.3) is 0 Å². The summed E-state index contributed by atoms with van der Waals surface area (Å²) < 4.78 is 6.11. The predicted octanol–water partition coefficient (Wildman–Crippen LogP) is 5.92. The molecule has 1 N–H and O–H groups in total. The molecule has 2 atom stereocenters. The molecule has 4 rings (SSSR count). The minimum Gasteiger partial charge on any atom is -0.439 e. The van der Waals surface area contributed by atoms with E-state index >= 15 is 0 Å². The Bertz CT molecular complexity index is 849. The van der Waals surface area contributed by atoms with Crippen molar-refractivity contribution in [2.75, 3.05) is 5.32 Å². The molecule has 0 spiro atoms. The van der Waals surface area contributed by atoms with E-state index in [0.29, 0.717) is 5.92 Å². The summed E-state index contributed by atoms with van der Waals surface area (Å²) >= 11 is 0.